The first kappa shape index (κ1) is 17.7. The van der Waals surface area contributed by atoms with Gasteiger partial charge in [-0.15, -0.1) is 0 Å². The molecule has 0 aliphatic heterocycles. The van der Waals surface area contributed by atoms with Crippen molar-refractivity contribution in [3.8, 4) is 0 Å². The highest BCUT2D eigenvalue weighted by Gasteiger charge is 2.15. The molecule has 0 aliphatic carbocycles. The number of carbonyl (C=O) groups is 1. The Bertz CT molecular complexity index is 395. The molecule has 0 radical (unpaired) electrons. The molecule has 118 valence electrons. The van der Waals surface area contributed by atoms with E-state index in [4.69, 9.17) is 14.2 Å². The predicted octanol–water partition coefficient (Wildman–Crippen LogP) is 3.34. The van der Waals surface area contributed by atoms with Crippen molar-refractivity contribution in [3.05, 3.63) is 35.9 Å². The molecule has 0 unspecified atom stereocenters. The summed E-state index contributed by atoms with van der Waals surface area (Å²) in [4.78, 5) is 11.4. The van der Waals surface area contributed by atoms with Crippen molar-refractivity contribution >= 4 is 5.97 Å². The summed E-state index contributed by atoms with van der Waals surface area (Å²) < 4.78 is 16.1. The molecule has 0 heterocycles. The molecule has 0 aromatic heterocycles. The molecule has 21 heavy (non-hydrogen) atoms. The van der Waals surface area contributed by atoms with Gasteiger partial charge in [-0.1, -0.05) is 30.3 Å². The van der Waals surface area contributed by atoms with Gasteiger partial charge in [-0.25, -0.2) is 0 Å². The molecule has 0 spiro atoms. The standard InChI is InChI=1S/C17H26O4/c1-17(2,3)21-16(18)10-7-11-19-12-13-20-14-15-8-5-4-6-9-15/h4-6,8-9H,7,10-14H2,1-3H3. The van der Waals surface area contributed by atoms with Gasteiger partial charge in [-0.3, -0.25) is 4.79 Å². The van der Waals surface area contributed by atoms with Crippen molar-refractivity contribution in [2.75, 3.05) is 19.8 Å². The van der Waals surface area contributed by atoms with E-state index < -0.39 is 5.60 Å². The summed E-state index contributed by atoms with van der Waals surface area (Å²) in [5.74, 6) is -0.175. The first-order chi connectivity index (χ1) is 9.97. The Morgan fingerprint density at radius 1 is 1.00 bits per heavy atom. The van der Waals surface area contributed by atoms with E-state index in [1.54, 1.807) is 0 Å². The van der Waals surface area contributed by atoms with Gasteiger partial charge in [0.2, 0.25) is 0 Å². The zero-order valence-electron chi connectivity index (χ0n) is 13.3. The van der Waals surface area contributed by atoms with E-state index in [-0.39, 0.29) is 5.97 Å². The van der Waals surface area contributed by atoms with E-state index in [0.717, 1.165) is 5.56 Å². The van der Waals surface area contributed by atoms with Crippen molar-refractivity contribution in [2.24, 2.45) is 0 Å². The summed E-state index contributed by atoms with van der Waals surface area (Å²) in [7, 11) is 0. The molecule has 0 fully saturated rings. The van der Waals surface area contributed by atoms with E-state index in [1.165, 1.54) is 0 Å². The van der Waals surface area contributed by atoms with Gasteiger partial charge >= 0.3 is 5.97 Å². The normalized spacial score (nSPS) is 11.4. The van der Waals surface area contributed by atoms with Gasteiger partial charge in [-0.2, -0.15) is 0 Å². The zero-order chi connectivity index (χ0) is 15.6. The van der Waals surface area contributed by atoms with Gasteiger partial charge in [-0.05, 0) is 32.8 Å². The van der Waals surface area contributed by atoms with Crippen LogP contribution in [0, 0.1) is 0 Å². The molecule has 1 aromatic carbocycles. The second-order valence-electron chi connectivity index (χ2n) is 5.84. The minimum Gasteiger partial charge on any atom is -0.460 e. The van der Waals surface area contributed by atoms with Crippen molar-refractivity contribution in [3.63, 3.8) is 0 Å². The summed E-state index contributed by atoms with van der Waals surface area (Å²) >= 11 is 0. The Hall–Kier alpha value is -1.39. The third-order valence-electron chi connectivity index (χ3n) is 2.57. The number of hydrogen-bond acceptors (Lipinski definition) is 4. The Balaban J connectivity index is 1.92. The summed E-state index contributed by atoms with van der Waals surface area (Å²) in [6, 6.07) is 10.0. The number of hydrogen-bond donors (Lipinski definition) is 0. The van der Waals surface area contributed by atoms with Crippen LogP contribution in [0.3, 0.4) is 0 Å². The maximum absolute atomic E-state index is 11.4. The topological polar surface area (TPSA) is 44.8 Å². The Labute approximate surface area is 127 Å². The van der Waals surface area contributed by atoms with Gasteiger partial charge in [0, 0.05) is 13.0 Å². The molecule has 1 aromatic rings. The number of rotatable bonds is 9. The number of benzene rings is 1. The lowest BCUT2D eigenvalue weighted by Crippen LogP contribution is -2.23. The lowest BCUT2D eigenvalue weighted by Gasteiger charge is -2.19. The van der Waals surface area contributed by atoms with E-state index in [9.17, 15) is 4.79 Å². The van der Waals surface area contributed by atoms with Gasteiger partial charge in [0.05, 0.1) is 19.8 Å². The minimum absolute atomic E-state index is 0.175. The predicted molar refractivity (Wildman–Crippen MR) is 82.0 cm³/mol. The third kappa shape index (κ3) is 10.0. The molecule has 0 saturated heterocycles. The smallest absolute Gasteiger partial charge is 0.306 e. The van der Waals surface area contributed by atoms with Crippen LogP contribution in [0.15, 0.2) is 30.3 Å². The first-order valence-corrected chi connectivity index (χ1v) is 7.38. The lowest BCUT2D eigenvalue weighted by molar-refractivity contribution is -0.155. The molecule has 0 N–H and O–H groups in total. The fourth-order valence-corrected chi connectivity index (χ4v) is 1.70. The number of esters is 1. The second kappa shape index (κ2) is 9.53. The second-order valence-corrected chi connectivity index (χ2v) is 5.84. The van der Waals surface area contributed by atoms with Crippen LogP contribution in [0.4, 0.5) is 0 Å². The van der Waals surface area contributed by atoms with Crippen molar-refractivity contribution in [2.45, 2.75) is 45.8 Å². The fraction of sp³-hybridized carbons (Fsp3) is 0.588. The molecule has 4 heteroatoms. The molecule has 4 nitrogen and oxygen atoms in total. The van der Waals surface area contributed by atoms with Crippen LogP contribution in [0.1, 0.15) is 39.2 Å². The van der Waals surface area contributed by atoms with Gasteiger partial charge < -0.3 is 14.2 Å². The SMILES string of the molecule is CC(C)(C)OC(=O)CCCOCCOCc1ccccc1. The average molecular weight is 294 g/mol. The third-order valence-corrected chi connectivity index (χ3v) is 2.57. The van der Waals surface area contributed by atoms with E-state index in [0.29, 0.717) is 39.3 Å². The number of ether oxygens (including phenoxy) is 3. The van der Waals surface area contributed by atoms with Crippen molar-refractivity contribution in [1.82, 2.24) is 0 Å². The largest absolute Gasteiger partial charge is 0.460 e. The first-order valence-electron chi connectivity index (χ1n) is 7.38. The van der Waals surface area contributed by atoms with Crippen LogP contribution in [0.5, 0.6) is 0 Å². The average Bonchev–Trinajstić information content (AvgIpc) is 2.41. The molecule has 0 aliphatic rings. The highest BCUT2D eigenvalue weighted by Crippen LogP contribution is 2.09. The zero-order valence-corrected chi connectivity index (χ0v) is 13.3. The minimum atomic E-state index is -0.413. The van der Waals surface area contributed by atoms with Crippen molar-refractivity contribution in [1.29, 1.82) is 0 Å². The molecule has 1 rings (SSSR count). The lowest BCUT2D eigenvalue weighted by atomic mass is 10.2. The Kier molecular flexibility index (Phi) is 8.01. The molecular formula is C17H26O4. The maximum atomic E-state index is 11.4. The molecule has 0 bridgehead atoms. The molecule has 0 atom stereocenters. The summed E-state index contributed by atoms with van der Waals surface area (Å²) in [6.45, 7) is 7.85. The maximum Gasteiger partial charge on any atom is 0.306 e. The summed E-state index contributed by atoms with van der Waals surface area (Å²) in [5.41, 5.74) is 0.742. The van der Waals surface area contributed by atoms with Crippen LogP contribution in [0.25, 0.3) is 0 Å². The summed E-state index contributed by atoms with van der Waals surface area (Å²) in [6.07, 6.45) is 1.07. The van der Waals surface area contributed by atoms with Crippen LogP contribution in [-0.2, 0) is 25.6 Å². The van der Waals surface area contributed by atoms with E-state index in [1.807, 2.05) is 51.1 Å². The molecular weight excluding hydrogens is 268 g/mol. The van der Waals surface area contributed by atoms with Crippen LogP contribution >= 0.6 is 0 Å². The van der Waals surface area contributed by atoms with Gasteiger partial charge in [0.15, 0.2) is 0 Å². The van der Waals surface area contributed by atoms with Crippen molar-refractivity contribution < 1.29 is 19.0 Å². The Morgan fingerprint density at radius 3 is 2.33 bits per heavy atom. The van der Waals surface area contributed by atoms with E-state index in [2.05, 4.69) is 0 Å². The van der Waals surface area contributed by atoms with Crippen LogP contribution < -0.4 is 0 Å². The summed E-state index contributed by atoms with van der Waals surface area (Å²) in [5, 5.41) is 0. The monoisotopic (exact) mass is 294 g/mol. The van der Waals surface area contributed by atoms with E-state index >= 15 is 0 Å². The van der Waals surface area contributed by atoms with Crippen LogP contribution in [-0.4, -0.2) is 31.4 Å². The van der Waals surface area contributed by atoms with Gasteiger partial charge in [0.25, 0.3) is 0 Å². The Morgan fingerprint density at radius 2 is 1.67 bits per heavy atom. The highest BCUT2D eigenvalue weighted by molar-refractivity contribution is 5.69. The molecule has 0 amide bonds. The fourth-order valence-electron chi connectivity index (χ4n) is 1.70. The quantitative estimate of drug-likeness (QED) is 0.517. The molecule has 0 saturated carbocycles. The van der Waals surface area contributed by atoms with Crippen LogP contribution in [0.2, 0.25) is 0 Å². The van der Waals surface area contributed by atoms with Gasteiger partial charge in [0.1, 0.15) is 5.60 Å². The number of carbonyl (C=O) groups excluding carboxylic acids is 1. The highest BCUT2D eigenvalue weighted by atomic mass is 16.6.